The number of nitrogen functional groups attached to an aromatic ring is 1. The molecule has 0 spiro atoms. The molecule has 3 unspecified atom stereocenters. The van der Waals surface area contributed by atoms with Crippen LogP contribution in [0.3, 0.4) is 0 Å². The van der Waals surface area contributed by atoms with Gasteiger partial charge in [0.15, 0.2) is 11.4 Å². The van der Waals surface area contributed by atoms with E-state index in [1.165, 1.54) is 0 Å². The lowest BCUT2D eigenvalue weighted by Gasteiger charge is -2.19. The van der Waals surface area contributed by atoms with Gasteiger partial charge < -0.3 is 20.7 Å². The fourth-order valence-electron chi connectivity index (χ4n) is 3.18. The normalized spacial score (nSPS) is 22.1. The standard InChI is InChI=1S/C9H11FN4.C8H12O2.C7H6O.CH4O/c1-5-2-3-6-7(12-4-5)8(11)14-9(10)13-6;1-3-8(6-9)5-4-7(2)10-8;8-6-7-4-2-1-3-5-7;1-2/h4-5H,2-3H2,1H3,(H2,11,13,14);1,7,9H,4-6H2,2H3;1-6H;2H,1H3. The van der Waals surface area contributed by atoms with Crippen LogP contribution in [-0.2, 0) is 11.2 Å². The van der Waals surface area contributed by atoms with Gasteiger partial charge in [0.2, 0.25) is 0 Å². The fourth-order valence-corrected chi connectivity index (χ4v) is 3.18. The van der Waals surface area contributed by atoms with Crippen LogP contribution in [-0.4, -0.2) is 58.1 Å². The predicted molar refractivity (Wildman–Crippen MR) is 130 cm³/mol. The fraction of sp³-hybridized carbons (Fsp3) is 0.440. The monoisotopic (exact) mass is 472 g/mol. The quantitative estimate of drug-likeness (QED) is 0.348. The van der Waals surface area contributed by atoms with Crippen LogP contribution in [0.5, 0.6) is 0 Å². The van der Waals surface area contributed by atoms with E-state index in [1.807, 2.05) is 31.3 Å². The van der Waals surface area contributed by atoms with Crippen LogP contribution in [0.4, 0.5) is 15.9 Å². The Morgan fingerprint density at radius 1 is 1.26 bits per heavy atom. The van der Waals surface area contributed by atoms with Crippen LogP contribution in [0.15, 0.2) is 35.3 Å². The lowest BCUT2D eigenvalue weighted by Crippen LogP contribution is -2.31. The summed E-state index contributed by atoms with van der Waals surface area (Å²) in [7, 11) is 1.00. The predicted octanol–water partition coefficient (Wildman–Crippen LogP) is 3.14. The minimum atomic E-state index is -0.772. The lowest BCUT2D eigenvalue weighted by atomic mass is 10.0. The highest BCUT2D eigenvalue weighted by atomic mass is 19.1. The van der Waals surface area contributed by atoms with E-state index >= 15 is 0 Å². The van der Waals surface area contributed by atoms with E-state index in [2.05, 4.69) is 27.8 Å². The van der Waals surface area contributed by atoms with Crippen molar-refractivity contribution < 1.29 is 24.1 Å². The number of ether oxygens (including phenoxy) is 1. The maximum absolute atomic E-state index is 12.8. The number of benzene rings is 1. The third-order valence-corrected chi connectivity index (χ3v) is 5.09. The number of fused-ring (bicyclic) bond motifs is 1. The molecule has 0 saturated carbocycles. The van der Waals surface area contributed by atoms with Gasteiger partial charge in [0.1, 0.15) is 12.0 Å². The van der Waals surface area contributed by atoms with Gasteiger partial charge in [0, 0.05) is 18.9 Å². The molecule has 2 aliphatic rings. The van der Waals surface area contributed by atoms with E-state index in [1.54, 1.807) is 12.1 Å². The number of carbonyl (C=O) groups is 1. The van der Waals surface area contributed by atoms with Gasteiger partial charge >= 0.3 is 6.08 Å². The van der Waals surface area contributed by atoms with Crippen LogP contribution >= 0.6 is 0 Å². The van der Waals surface area contributed by atoms with E-state index in [0.29, 0.717) is 23.7 Å². The molecule has 2 aliphatic heterocycles. The van der Waals surface area contributed by atoms with Gasteiger partial charge in [-0.15, -0.1) is 6.42 Å². The SMILES string of the molecule is C#CC1(CO)CCC(C)O1.CC1C=Nc2c(N)nc(F)nc2CC1.CO.O=Cc1ccccc1. The van der Waals surface area contributed by atoms with Crippen molar-refractivity contribution >= 4 is 24.0 Å². The maximum atomic E-state index is 12.8. The maximum Gasteiger partial charge on any atom is 0.310 e. The van der Waals surface area contributed by atoms with Crippen LogP contribution < -0.4 is 5.73 Å². The topological polar surface area (TPSA) is 131 Å². The minimum Gasteiger partial charge on any atom is -0.400 e. The Labute approximate surface area is 200 Å². The van der Waals surface area contributed by atoms with Crippen molar-refractivity contribution in [1.29, 1.82) is 0 Å². The molecule has 0 bridgehead atoms. The van der Waals surface area contributed by atoms with E-state index in [4.69, 9.17) is 27.1 Å². The van der Waals surface area contributed by atoms with Gasteiger partial charge in [-0.05, 0) is 38.5 Å². The number of aliphatic hydroxyl groups excluding tert-OH is 2. The van der Waals surface area contributed by atoms with Crippen molar-refractivity contribution in [3.63, 3.8) is 0 Å². The summed E-state index contributed by atoms with van der Waals surface area (Å²) < 4.78 is 18.2. The van der Waals surface area contributed by atoms with Crippen molar-refractivity contribution in [2.45, 2.75) is 51.2 Å². The zero-order chi connectivity index (χ0) is 25.6. The average Bonchev–Trinajstić information content (AvgIpc) is 3.15. The molecule has 1 fully saturated rings. The van der Waals surface area contributed by atoms with Gasteiger partial charge in [-0.2, -0.15) is 9.37 Å². The second-order valence-corrected chi connectivity index (χ2v) is 7.76. The number of nitrogens with zero attached hydrogens (tertiary/aromatic N) is 3. The number of hydrogen-bond donors (Lipinski definition) is 3. The highest BCUT2D eigenvalue weighted by Crippen LogP contribution is 2.29. The van der Waals surface area contributed by atoms with Gasteiger partial charge in [-0.3, -0.25) is 9.79 Å². The molecular formula is C25H33FN4O4. The van der Waals surface area contributed by atoms with E-state index in [9.17, 15) is 9.18 Å². The van der Waals surface area contributed by atoms with Crippen molar-refractivity contribution in [2.75, 3.05) is 19.5 Å². The Kier molecular flexibility index (Phi) is 12.6. The first-order chi connectivity index (χ1) is 16.3. The number of halogens is 1. The Bertz CT molecular complexity index is 965. The number of carbonyl (C=O) groups excluding carboxylic acids is 1. The molecule has 0 aliphatic carbocycles. The van der Waals surface area contributed by atoms with E-state index < -0.39 is 11.7 Å². The molecule has 1 aromatic heterocycles. The molecule has 4 rings (SSSR count). The first-order valence-corrected chi connectivity index (χ1v) is 10.9. The third kappa shape index (κ3) is 8.98. The molecule has 8 nitrogen and oxygen atoms in total. The Hall–Kier alpha value is -3.19. The van der Waals surface area contributed by atoms with Crippen LogP contribution in [0, 0.1) is 24.3 Å². The molecule has 1 saturated heterocycles. The molecule has 1 aromatic carbocycles. The summed E-state index contributed by atoms with van der Waals surface area (Å²) >= 11 is 0. The van der Waals surface area contributed by atoms with Crippen molar-refractivity contribution in [3.8, 4) is 12.3 Å². The third-order valence-electron chi connectivity index (χ3n) is 5.09. The number of aromatic nitrogens is 2. The lowest BCUT2D eigenvalue weighted by molar-refractivity contribution is -0.0274. The van der Waals surface area contributed by atoms with Gasteiger partial charge in [-0.1, -0.05) is 43.2 Å². The molecule has 34 heavy (non-hydrogen) atoms. The summed E-state index contributed by atoms with van der Waals surface area (Å²) in [6.45, 7) is 3.96. The Morgan fingerprint density at radius 3 is 2.41 bits per heavy atom. The summed E-state index contributed by atoms with van der Waals surface area (Å²) in [6, 6.07) is 9.10. The van der Waals surface area contributed by atoms with Crippen LogP contribution in [0.2, 0.25) is 0 Å². The number of aliphatic imine (C=N–C) groups is 1. The molecule has 184 valence electrons. The summed E-state index contributed by atoms with van der Waals surface area (Å²) in [4.78, 5) is 21.3. The molecule has 3 atom stereocenters. The van der Waals surface area contributed by atoms with E-state index in [-0.39, 0.29) is 18.5 Å². The van der Waals surface area contributed by atoms with Crippen LogP contribution in [0.1, 0.15) is 49.2 Å². The highest BCUT2D eigenvalue weighted by molar-refractivity contribution is 5.74. The zero-order valence-electron chi connectivity index (χ0n) is 19.8. The Morgan fingerprint density at radius 2 is 1.94 bits per heavy atom. The van der Waals surface area contributed by atoms with Crippen molar-refractivity contribution in [1.82, 2.24) is 9.97 Å². The zero-order valence-corrected chi connectivity index (χ0v) is 19.8. The molecule has 2 aromatic rings. The van der Waals surface area contributed by atoms with E-state index in [0.717, 1.165) is 38.2 Å². The molecule has 3 heterocycles. The van der Waals surface area contributed by atoms with Crippen molar-refractivity contribution in [3.05, 3.63) is 47.7 Å². The molecule has 0 amide bonds. The number of aryl methyl sites for hydroxylation is 1. The minimum absolute atomic E-state index is 0.0617. The summed E-state index contributed by atoms with van der Waals surface area (Å²) in [5, 5.41) is 15.9. The molecule has 4 N–H and O–H groups in total. The molecule has 0 radical (unpaired) electrons. The number of aldehydes is 1. The molecule has 9 heteroatoms. The average molecular weight is 473 g/mol. The number of rotatable bonds is 2. The summed E-state index contributed by atoms with van der Waals surface area (Å²) in [6.07, 6.45) is 10.6. The molecular weight excluding hydrogens is 439 g/mol. The first kappa shape index (κ1) is 28.8. The van der Waals surface area contributed by atoms with Crippen molar-refractivity contribution in [2.24, 2.45) is 10.9 Å². The number of hydrogen-bond acceptors (Lipinski definition) is 8. The number of anilines is 1. The summed E-state index contributed by atoms with van der Waals surface area (Å²) in [5.41, 5.74) is 6.75. The number of aliphatic hydroxyl groups is 2. The van der Waals surface area contributed by atoms with Gasteiger partial charge in [0.05, 0.1) is 18.4 Å². The highest BCUT2D eigenvalue weighted by Gasteiger charge is 2.35. The number of nitrogens with two attached hydrogens (primary N) is 1. The smallest absolute Gasteiger partial charge is 0.310 e. The largest absolute Gasteiger partial charge is 0.400 e. The van der Waals surface area contributed by atoms with Crippen LogP contribution in [0.25, 0.3) is 0 Å². The summed E-state index contributed by atoms with van der Waals surface area (Å²) in [5.74, 6) is 2.98. The number of terminal acetylenes is 1. The second kappa shape index (κ2) is 14.9. The first-order valence-electron chi connectivity index (χ1n) is 10.9. The second-order valence-electron chi connectivity index (χ2n) is 7.76. The van der Waals surface area contributed by atoms with Gasteiger partial charge in [0.25, 0.3) is 0 Å². The van der Waals surface area contributed by atoms with Gasteiger partial charge in [-0.25, -0.2) is 4.98 Å². The Balaban J connectivity index is 0.000000256.